The minimum atomic E-state index is -1.56. The molecule has 2 aromatic rings. The van der Waals surface area contributed by atoms with Gasteiger partial charge in [0.1, 0.15) is 0 Å². The van der Waals surface area contributed by atoms with Gasteiger partial charge in [-0.05, 0) is 18.4 Å². The summed E-state index contributed by atoms with van der Waals surface area (Å²) < 4.78 is 1.72. The lowest BCUT2D eigenvalue weighted by molar-refractivity contribution is -0.146. The molecule has 1 aliphatic heterocycles. The Hall–Kier alpha value is -2.67. The first kappa shape index (κ1) is 17.2. The SMILES string of the molecule is CC(=O)N1CCC[C@](O)(C(=O)Nc2cnn(Cc3ccccc3)c2)C1. The number of anilines is 1. The Morgan fingerprint density at radius 3 is 2.80 bits per heavy atom. The molecule has 3 rings (SSSR count). The number of rotatable bonds is 4. The highest BCUT2D eigenvalue weighted by molar-refractivity contribution is 5.97. The molecule has 0 radical (unpaired) electrons. The number of carbonyl (C=O) groups is 2. The van der Waals surface area contributed by atoms with Crippen LogP contribution in [0.15, 0.2) is 42.7 Å². The quantitative estimate of drug-likeness (QED) is 0.875. The molecule has 1 atom stereocenters. The zero-order chi connectivity index (χ0) is 17.9. The van der Waals surface area contributed by atoms with E-state index in [-0.39, 0.29) is 12.5 Å². The van der Waals surface area contributed by atoms with Gasteiger partial charge in [0.15, 0.2) is 5.60 Å². The fourth-order valence-corrected chi connectivity index (χ4v) is 3.02. The summed E-state index contributed by atoms with van der Waals surface area (Å²) in [6, 6.07) is 9.87. The summed E-state index contributed by atoms with van der Waals surface area (Å²) in [7, 11) is 0. The largest absolute Gasteiger partial charge is 0.378 e. The summed E-state index contributed by atoms with van der Waals surface area (Å²) in [5, 5.41) is 17.6. The smallest absolute Gasteiger partial charge is 0.258 e. The van der Waals surface area contributed by atoms with Gasteiger partial charge in [-0.15, -0.1) is 0 Å². The lowest BCUT2D eigenvalue weighted by Gasteiger charge is -2.37. The van der Waals surface area contributed by atoms with E-state index >= 15 is 0 Å². The molecule has 1 saturated heterocycles. The van der Waals surface area contributed by atoms with Crippen molar-refractivity contribution in [2.75, 3.05) is 18.4 Å². The molecule has 1 fully saturated rings. The fraction of sp³-hybridized carbons (Fsp3) is 0.389. The first-order valence-corrected chi connectivity index (χ1v) is 8.32. The maximum absolute atomic E-state index is 12.5. The van der Waals surface area contributed by atoms with E-state index in [0.717, 1.165) is 5.56 Å². The van der Waals surface area contributed by atoms with Crippen molar-refractivity contribution >= 4 is 17.5 Å². The normalized spacial score (nSPS) is 20.3. The van der Waals surface area contributed by atoms with Crippen molar-refractivity contribution in [3.63, 3.8) is 0 Å². The predicted octanol–water partition coefficient (Wildman–Crippen LogP) is 1.24. The third kappa shape index (κ3) is 4.06. The highest BCUT2D eigenvalue weighted by atomic mass is 16.3. The molecule has 7 nitrogen and oxygen atoms in total. The fourth-order valence-electron chi connectivity index (χ4n) is 3.02. The van der Waals surface area contributed by atoms with Crippen LogP contribution in [0.1, 0.15) is 25.3 Å². The number of β-amino-alcohol motifs (C(OH)–C–C–N with tert-alkyl or cyclic N) is 1. The van der Waals surface area contributed by atoms with Crippen molar-refractivity contribution in [1.82, 2.24) is 14.7 Å². The van der Waals surface area contributed by atoms with Crippen LogP contribution in [0, 0.1) is 0 Å². The number of aromatic nitrogens is 2. The molecule has 1 aliphatic rings. The van der Waals surface area contributed by atoms with Crippen LogP contribution >= 0.6 is 0 Å². The number of nitrogens with one attached hydrogen (secondary N) is 1. The number of amides is 2. The summed E-state index contributed by atoms with van der Waals surface area (Å²) in [5.41, 5.74) is 0.0617. The molecule has 25 heavy (non-hydrogen) atoms. The molecule has 2 amide bonds. The average Bonchev–Trinajstić information content (AvgIpc) is 3.02. The molecule has 0 unspecified atom stereocenters. The third-order valence-corrected chi connectivity index (χ3v) is 4.42. The Kier molecular flexibility index (Phi) is 4.85. The van der Waals surface area contributed by atoms with E-state index in [1.165, 1.54) is 11.8 Å². The van der Waals surface area contributed by atoms with Crippen LogP contribution in [0.2, 0.25) is 0 Å². The Bertz CT molecular complexity index is 759. The number of likely N-dealkylation sites (tertiary alicyclic amines) is 1. The number of benzene rings is 1. The van der Waals surface area contributed by atoms with Crippen LogP contribution < -0.4 is 5.32 Å². The van der Waals surface area contributed by atoms with E-state index in [2.05, 4.69) is 10.4 Å². The number of nitrogens with zero attached hydrogens (tertiary/aromatic N) is 3. The van der Waals surface area contributed by atoms with Gasteiger partial charge in [0.2, 0.25) is 5.91 Å². The van der Waals surface area contributed by atoms with Crippen LogP contribution in [0.5, 0.6) is 0 Å². The zero-order valence-corrected chi connectivity index (χ0v) is 14.2. The summed E-state index contributed by atoms with van der Waals surface area (Å²) in [4.78, 5) is 25.5. The maximum atomic E-state index is 12.5. The Morgan fingerprint density at radius 1 is 1.32 bits per heavy atom. The molecule has 132 valence electrons. The van der Waals surface area contributed by atoms with Gasteiger partial charge in [0.25, 0.3) is 5.91 Å². The molecule has 1 aromatic carbocycles. The monoisotopic (exact) mass is 342 g/mol. The molecule has 0 bridgehead atoms. The number of carbonyl (C=O) groups excluding carboxylic acids is 2. The van der Waals surface area contributed by atoms with Gasteiger partial charge in [-0.3, -0.25) is 14.3 Å². The molecule has 1 aromatic heterocycles. The second kappa shape index (κ2) is 7.06. The lowest BCUT2D eigenvalue weighted by atomic mass is 9.91. The Labute approximate surface area is 146 Å². The first-order chi connectivity index (χ1) is 12.0. The second-order valence-electron chi connectivity index (χ2n) is 6.44. The number of piperidine rings is 1. The van der Waals surface area contributed by atoms with Crippen LogP contribution in [0.4, 0.5) is 5.69 Å². The van der Waals surface area contributed by atoms with Crippen LogP contribution in [0.3, 0.4) is 0 Å². The highest BCUT2D eigenvalue weighted by Crippen LogP contribution is 2.23. The number of aliphatic hydroxyl groups is 1. The van der Waals surface area contributed by atoms with Gasteiger partial charge in [-0.1, -0.05) is 30.3 Å². The van der Waals surface area contributed by atoms with Crippen molar-refractivity contribution in [2.45, 2.75) is 31.9 Å². The predicted molar refractivity (Wildman–Crippen MR) is 92.8 cm³/mol. The molecule has 0 spiro atoms. The van der Waals surface area contributed by atoms with Crippen molar-refractivity contribution in [2.24, 2.45) is 0 Å². The van der Waals surface area contributed by atoms with E-state index in [1.54, 1.807) is 17.1 Å². The minimum absolute atomic E-state index is 0.0202. The van der Waals surface area contributed by atoms with E-state index < -0.39 is 11.5 Å². The zero-order valence-electron chi connectivity index (χ0n) is 14.2. The van der Waals surface area contributed by atoms with E-state index in [1.807, 2.05) is 30.3 Å². The molecule has 2 N–H and O–H groups in total. The number of hydrogen-bond donors (Lipinski definition) is 2. The van der Waals surface area contributed by atoms with Gasteiger partial charge in [0.05, 0.1) is 25.0 Å². The third-order valence-electron chi connectivity index (χ3n) is 4.42. The summed E-state index contributed by atoms with van der Waals surface area (Å²) in [6.45, 7) is 2.63. The minimum Gasteiger partial charge on any atom is -0.378 e. The summed E-state index contributed by atoms with van der Waals surface area (Å²) >= 11 is 0. The lowest BCUT2D eigenvalue weighted by Crippen LogP contribution is -2.56. The molecule has 0 aliphatic carbocycles. The van der Waals surface area contributed by atoms with Crippen LogP contribution in [0.25, 0.3) is 0 Å². The summed E-state index contributed by atoms with van der Waals surface area (Å²) in [5.74, 6) is -0.640. The highest BCUT2D eigenvalue weighted by Gasteiger charge is 2.41. The molecule has 7 heteroatoms. The van der Waals surface area contributed by atoms with Crippen molar-refractivity contribution in [3.05, 3.63) is 48.3 Å². The van der Waals surface area contributed by atoms with Gasteiger partial charge in [0, 0.05) is 19.7 Å². The summed E-state index contributed by atoms with van der Waals surface area (Å²) in [6.07, 6.45) is 4.20. The average molecular weight is 342 g/mol. The maximum Gasteiger partial charge on any atom is 0.258 e. The topological polar surface area (TPSA) is 87.5 Å². The van der Waals surface area contributed by atoms with E-state index in [9.17, 15) is 14.7 Å². The van der Waals surface area contributed by atoms with Gasteiger partial charge < -0.3 is 15.3 Å². The van der Waals surface area contributed by atoms with Crippen LogP contribution in [-0.2, 0) is 16.1 Å². The number of hydrogen-bond acceptors (Lipinski definition) is 4. The Balaban J connectivity index is 1.64. The first-order valence-electron chi connectivity index (χ1n) is 8.32. The van der Waals surface area contributed by atoms with Gasteiger partial charge in [-0.2, -0.15) is 5.10 Å². The molecule has 0 saturated carbocycles. The second-order valence-corrected chi connectivity index (χ2v) is 6.44. The standard InChI is InChI=1S/C18H22N4O3/c1-14(23)21-9-5-8-18(25,13-21)17(24)20-16-10-19-22(12-16)11-15-6-3-2-4-7-15/h2-4,6-7,10,12,25H,5,8-9,11,13H2,1H3,(H,20,24)/t18-/m1/s1. The van der Waals surface area contributed by atoms with Crippen molar-refractivity contribution in [3.8, 4) is 0 Å². The van der Waals surface area contributed by atoms with E-state index in [4.69, 9.17) is 0 Å². The van der Waals surface area contributed by atoms with E-state index in [0.29, 0.717) is 31.6 Å². The van der Waals surface area contributed by atoms with Crippen molar-refractivity contribution < 1.29 is 14.7 Å². The van der Waals surface area contributed by atoms with Gasteiger partial charge >= 0.3 is 0 Å². The van der Waals surface area contributed by atoms with Crippen molar-refractivity contribution in [1.29, 1.82) is 0 Å². The van der Waals surface area contributed by atoms with Gasteiger partial charge in [-0.25, -0.2) is 0 Å². The molecular formula is C18H22N4O3. The molecular weight excluding hydrogens is 320 g/mol. The molecule has 2 heterocycles. The van der Waals surface area contributed by atoms with Crippen LogP contribution in [-0.4, -0.2) is 50.3 Å². The Morgan fingerprint density at radius 2 is 2.08 bits per heavy atom.